The van der Waals surface area contributed by atoms with E-state index in [1.54, 1.807) is 58.4 Å². The Labute approximate surface area is 517 Å². The number of nitrogens with two attached hydrogens (primary N) is 2. The summed E-state index contributed by atoms with van der Waals surface area (Å²) in [6.45, 7) is 10.9. The van der Waals surface area contributed by atoms with Crippen molar-refractivity contribution in [3.05, 3.63) is 206 Å². The van der Waals surface area contributed by atoms with Crippen LogP contribution in [-0.2, 0) is 41.6 Å². The number of Topliss-reactive ketones (excluding diaryl/α,β-unsaturated/α-hetero) is 2. The number of carbonyl (C=O) groups excluding carboxylic acids is 4. The van der Waals surface area contributed by atoms with Crippen molar-refractivity contribution >= 4 is 122 Å². The van der Waals surface area contributed by atoms with Crippen molar-refractivity contribution in [2.24, 2.45) is 15.0 Å². The molecule has 0 spiro atoms. The van der Waals surface area contributed by atoms with E-state index >= 15 is 0 Å². The summed E-state index contributed by atoms with van der Waals surface area (Å²) in [6.07, 6.45) is 7.39. The zero-order valence-electron chi connectivity index (χ0n) is 48.9. The molecule has 0 unspecified atom stereocenters. The molecular formula is C69H65N7O8S3. The van der Waals surface area contributed by atoms with Crippen LogP contribution in [0.5, 0.6) is 0 Å². The summed E-state index contributed by atoms with van der Waals surface area (Å²) < 4.78 is 10.6. The number of ether oxygens (including phenoxy) is 2. The number of ketones is 2. The number of carbonyl (C=O) groups is 5. The summed E-state index contributed by atoms with van der Waals surface area (Å²) >= 11 is 4.95. The fourth-order valence-electron chi connectivity index (χ4n) is 9.24. The largest absolute Gasteiger partial charge is 0.478 e. The maximum Gasteiger partial charge on any atom is 0.412 e. The first-order chi connectivity index (χ1) is 41.6. The second-order valence-electron chi connectivity index (χ2n) is 22.4. The standard InChI is InChI=1S/C25H24N2O3S.C20H16N2OS.C15H18N2O2S.C9H7NO2/c1-25(2,3)30-24(29)27-20-9-8-18(23-5-4-12-31-23)13-19(20)15-22(28)17-7-6-16-10-11-26-21(16)14-17;21-17-6-5-15(20-2-1-9-24-20)10-16(17)12-19(23)14-4-3-13-7-8-22-18(13)11-14;1-15(2,3)19-14(18)17-12-7-6-10(9-11(12)16)13-5-4-8-20-13;11-9(12)7-2-1-6-3-4-10-8(6)5-7/h4-9,11-14H,10,15H2,1-3H3,(H,27,29);1-6,8-11H,7,12,21H2;4-9H,16H2,1-3H3,(H,17,18);1-2,4-5H,3H2,(H,11,12). The average molecular weight is 1220 g/mol. The van der Waals surface area contributed by atoms with Crippen molar-refractivity contribution in [2.45, 2.75) is 84.8 Å². The number of fused-ring (bicyclic) bond motifs is 3. The van der Waals surface area contributed by atoms with Crippen molar-refractivity contribution in [2.75, 3.05) is 22.1 Å². The first-order valence-electron chi connectivity index (χ1n) is 27.9. The van der Waals surface area contributed by atoms with Gasteiger partial charge >= 0.3 is 18.2 Å². The van der Waals surface area contributed by atoms with Crippen molar-refractivity contribution in [3.8, 4) is 31.3 Å². The van der Waals surface area contributed by atoms with Gasteiger partial charge in [-0.3, -0.25) is 35.2 Å². The minimum absolute atomic E-state index is 0.0273. The molecule has 0 aliphatic carbocycles. The second-order valence-corrected chi connectivity index (χ2v) is 25.2. The number of nitrogens with one attached hydrogen (secondary N) is 2. The molecule has 7 N–H and O–H groups in total. The second kappa shape index (κ2) is 27.6. The van der Waals surface area contributed by atoms with E-state index in [9.17, 15) is 24.0 Å². The molecule has 87 heavy (non-hydrogen) atoms. The van der Waals surface area contributed by atoms with E-state index < -0.39 is 29.4 Å². The van der Waals surface area contributed by atoms with Crippen LogP contribution in [0.2, 0.25) is 0 Å². The third-order valence-corrected chi connectivity index (χ3v) is 16.2. The molecule has 3 aromatic heterocycles. The molecule has 442 valence electrons. The van der Waals surface area contributed by atoms with Gasteiger partial charge in [0.2, 0.25) is 0 Å². The number of nitrogens with zero attached hydrogens (tertiary/aromatic N) is 3. The van der Waals surface area contributed by atoms with Gasteiger partial charge in [0.1, 0.15) is 11.2 Å². The predicted octanol–water partition coefficient (Wildman–Crippen LogP) is 17.1. The van der Waals surface area contributed by atoms with Crippen LogP contribution in [-0.4, -0.2) is 64.7 Å². The van der Waals surface area contributed by atoms with Gasteiger partial charge in [-0.2, -0.15) is 0 Å². The number of nitrogen functional groups attached to an aromatic ring is 2. The first kappa shape index (κ1) is 61.9. The quantitative estimate of drug-likeness (QED) is 0.0573. The van der Waals surface area contributed by atoms with Crippen molar-refractivity contribution < 1.29 is 38.6 Å². The Morgan fingerprint density at radius 1 is 0.471 bits per heavy atom. The maximum absolute atomic E-state index is 13.1. The normalized spacial score (nSPS) is 12.2. The lowest BCUT2D eigenvalue weighted by Crippen LogP contribution is -2.27. The number of aliphatic imine (C=N–C) groups is 3. The minimum Gasteiger partial charge on any atom is -0.478 e. The molecule has 18 heteroatoms. The number of benzene rings is 6. The van der Waals surface area contributed by atoms with Crippen molar-refractivity contribution in [3.63, 3.8) is 0 Å². The SMILES string of the molecule is CC(C)(C)OC(=O)Nc1ccc(-c2cccs2)cc1CC(=O)c1ccc2c(c1)N=CC2.CC(C)(C)OC(=O)Nc1ccc(-c2cccs2)cc1N.Nc1ccc(-c2cccs2)cc1CC(=O)c1ccc2c(c1)N=CC2.O=C(O)c1ccc2c(c1)N=CC2. The number of aromatic carboxylic acids is 1. The van der Waals surface area contributed by atoms with Crippen LogP contribution in [0.15, 0.2) is 177 Å². The van der Waals surface area contributed by atoms with Gasteiger partial charge in [-0.05, 0) is 181 Å². The van der Waals surface area contributed by atoms with Gasteiger partial charge in [-0.15, -0.1) is 34.0 Å². The van der Waals surface area contributed by atoms with E-state index in [0.717, 1.165) is 85.0 Å². The highest BCUT2D eigenvalue weighted by Crippen LogP contribution is 2.34. The summed E-state index contributed by atoms with van der Waals surface area (Å²) in [5.74, 6) is -0.865. The summed E-state index contributed by atoms with van der Waals surface area (Å²) in [4.78, 5) is 76.5. The molecule has 6 heterocycles. The Balaban J connectivity index is 0.000000145. The number of rotatable bonds is 12. The Hall–Kier alpha value is -9.62. The third kappa shape index (κ3) is 17.1. The highest BCUT2D eigenvalue weighted by Gasteiger charge is 2.22. The van der Waals surface area contributed by atoms with Gasteiger partial charge in [-0.25, -0.2) is 14.4 Å². The average Bonchev–Trinajstić information content (AvgIpc) is 4.18. The summed E-state index contributed by atoms with van der Waals surface area (Å²) in [7, 11) is 0. The molecule has 3 aliphatic heterocycles. The highest BCUT2D eigenvalue weighted by atomic mass is 32.1. The topological polar surface area (TPSA) is 237 Å². The fraction of sp³-hybridized carbons (Fsp3) is 0.188. The zero-order chi connectivity index (χ0) is 61.8. The van der Waals surface area contributed by atoms with Crippen molar-refractivity contribution in [1.29, 1.82) is 0 Å². The molecule has 0 radical (unpaired) electrons. The molecule has 0 bridgehead atoms. The first-order valence-corrected chi connectivity index (χ1v) is 30.5. The molecule has 0 saturated carbocycles. The lowest BCUT2D eigenvalue weighted by Gasteiger charge is -2.20. The van der Waals surface area contributed by atoms with Gasteiger partial charge < -0.3 is 26.0 Å². The maximum atomic E-state index is 13.1. The van der Waals surface area contributed by atoms with Gasteiger partial charge in [0.15, 0.2) is 11.6 Å². The molecule has 6 aromatic carbocycles. The number of carboxylic acids is 1. The molecule has 12 rings (SSSR count). The predicted molar refractivity (Wildman–Crippen MR) is 356 cm³/mol. The molecule has 0 atom stereocenters. The Morgan fingerprint density at radius 3 is 1.29 bits per heavy atom. The fourth-order valence-corrected chi connectivity index (χ4v) is 11.4. The number of thiophene rings is 3. The summed E-state index contributed by atoms with van der Waals surface area (Å²) in [5, 5.41) is 20.2. The highest BCUT2D eigenvalue weighted by molar-refractivity contribution is 7.14. The lowest BCUT2D eigenvalue weighted by atomic mass is 9.98. The van der Waals surface area contributed by atoms with E-state index in [0.29, 0.717) is 45.9 Å². The summed E-state index contributed by atoms with van der Waals surface area (Å²) in [5.41, 5.74) is 25.5. The van der Waals surface area contributed by atoms with E-state index in [-0.39, 0.29) is 18.0 Å². The van der Waals surface area contributed by atoms with Crippen molar-refractivity contribution in [1.82, 2.24) is 0 Å². The molecular weight excluding hydrogens is 1150 g/mol. The Bertz CT molecular complexity index is 4080. The van der Waals surface area contributed by atoms with Crippen LogP contribution in [0.4, 0.5) is 49.4 Å². The zero-order valence-corrected chi connectivity index (χ0v) is 51.3. The number of carboxylic acid groups (broad SMARTS) is 1. The van der Waals surface area contributed by atoms with E-state index in [4.69, 9.17) is 26.0 Å². The number of amides is 2. The monoisotopic (exact) mass is 1220 g/mol. The minimum atomic E-state index is -0.903. The molecule has 3 aliphatic rings. The van der Waals surface area contributed by atoms with Gasteiger partial charge in [0.25, 0.3) is 0 Å². The van der Waals surface area contributed by atoms with Crippen LogP contribution >= 0.6 is 34.0 Å². The number of hydrogen-bond donors (Lipinski definition) is 5. The van der Waals surface area contributed by atoms with Gasteiger partial charge in [0, 0.05) is 87.9 Å². The molecule has 2 amide bonds. The van der Waals surface area contributed by atoms with E-state index in [1.807, 2.05) is 191 Å². The van der Waals surface area contributed by atoms with Crippen LogP contribution in [0, 0.1) is 0 Å². The van der Waals surface area contributed by atoms with Crippen LogP contribution in [0.25, 0.3) is 31.3 Å². The summed E-state index contributed by atoms with van der Waals surface area (Å²) in [6, 6.07) is 45.7. The lowest BCUT2D eigenvalue weighted by molar-refractivity contribution is 0.0624. The smallest absolute Gasteiger partial charge is 0.412 e. The molecule has 0 saturated heterocycles. The van der Waals surface area contributed by atoms with Crippen LogP contribution < -0.4 is 22.1 Å². The molecule has 9 aromatic rings. The number of hydrogen-bond acceptors (Lipinski definition) is 15. The Kier molecular flexibility index (Phi) is 19.7. The third-order valence-electron chi connectivity index (χ3n) is 13.5. The van der Waals surface area contributed by atoms with E-state index in [2.05, 4.69) is 31.7 Å². The van der Waals surface area contributed by atoms with Gasteiger partial charge in [0.05, 0.1) is 34.0 Å². The molecule has 15 nitrogen and oxygen atoms in total. The Morgan fingerprint density at radius 2 is 0.862 bits per heavy atom. The van der Waals surface area contributed by atoms with Crippen LogP contribution in [0.3, 0.4) is 0 Å². The van der Waals surface area contributed by atoms with Gasteiger partial charge in [-0.1, -0.05) is 66.7 Å². The van der Waals surface area contributed by atoms with E-state index in [1.165, 1.54) is 10.4 Å². The number of anilines is 4. The van der Waals surface area contributed by atoms with Crippen LogP contribution in [0.1, 0.15) is 100 Å². The molecule has 0 fully saturated rings.